The van der Waals surface area contributed by atoms with Crippen LogP contribution >= 0.6 is 0 Å². The third-order valence-corrected chi connectivity index (χ3v) is 3.38. The molecule has 1 aromatic carbocycles. The zero-order chi connectivity index (χ0) is 15.4. The van der Waals surface area contributed by atoms with E-state index in [9.17, 15) is 14.7 Å². The van der Waals surface area contributed by atoms with Crippen molar-refractivity contribution in [1.82, 2.24) is 4.90 Å². The summed E-state index contributed by atoms with van der Waals surface area (Å²) < 4.78 is 0. The molecule has 1 aromatic rings. The van der Waals surface area contributed by atoms with Crippen molar-refractivity contribution in [2.75, 3.05) is 12.4 Å². The maximum Gasteiger partial charge on any atom is 0.335 e. The Morgan fingerprint density at radius 2 is 1.85 bits per heavy atom. The number of nitrogens with zero attached hydrogens (tertiary/aromatic N) is 1. The Kier molecular flexibility index (Phi) is 4.96. The maximum absolute atomic E-state index is 12.0. The Bertz CT molecular complexity index is 514. The average molecular weight is 280 g/mol. The molecule has 3 N–H and O–H groups in total. The second kappa shape index (κ2) is 6.27. The van der Waals surface area contributed by atoms with Gasteiger partial charge in [-0.05, 0) is 31.0 Å². The number of hydrogen-bond acceptors (Lipinski definition) is 3. The normalized spacial score (nSPS) is 12.1. The number of rotatable bonds is 4. The van der Waals surface area contributed by atoms with Crippen LogP contribution < -0.4 is 5.32 Å². The number of carbonyl (C=O) groups excluding carboxylic acids is 1. The quantitative estimate of drug-likeness (QED) is 0.739. The SMILES string of the molecule is CC(C)C(C)N(C)C(=O)Nc1ccc(C(=O)O)cc1O. The first-order valence-corrected chi connectivity index (χ1v) is 6.34. The lowest BCUT2D eigenvalue weighted by Crippen LogP contribution is -2.40. The van der Waals surface area contributed by atoms with Gasteiger partial charge in [-0.15, -0.1) is 0 Å². The molecule has 0 heterocycles. The van der Waals surface area contributed by atoms with Gasteiger partial charge in [-0.25, -0.2) is 9.59 Å². The van der Waals surface area contributed by atoms with Gasteiger partial charge in [0.1, 0.15) is 5.75 Å². The Labute approximate surface area is 118 Å². The fourth-order valence-corrected chi connectivity index (χ4v) is 1.61. The summed E-state index contributed by atoms with van der Waals surface area (Å²) in [5.74, 6) is -1.11. The molecule has 0 aliphatic carbocycles. The molecular weight excluding hydrogens is 260 g/mol. The number of aromatic carboxylic acids is 1. The summed E-state index contributed by atoms with van der Waals surface area (Å²) in [6.45, 7) is 5.94. The third kappa shape index (κ3) is 3.63. The summed E-state index contributed by atoms with van der Waals surface area (Å²) in [4.78, 5) is 24.3. The summed E-state index contributed by atoms with van der Waals surface area (Å²) in [5, 5.41) is 21.1. The molecule has 20 heavy (non-hydrogen) atoms. The summed E-state index contributed by atoms with van der Waals surface area (Å²) in [6.07, 6.45) is 0. The van der Waals surface area contributed by atoms with Crippen molar-refractivity contribution < 1.29 is 19.8 Å². The fourth-order valence-electron chi connectivity index (χ4n) is 1.61. The van der Waals surface area contributed by atoms with Gasteiger partial charge in [0.05, 0.1) is 11.3 Å². The number of hydrogen-bond donors (Lipinski definition) is 3. The van der Waals surface area contributed by atoms with E-state index in [0.29, 0.717) is 5.92 Å². The van der Waals surface area contributed by atoms with Crippen LogP contribution in [0, 0.1) is 5.92 Å². The van der Waals surface area contributed by atoms with Crippen LogP contribution in [0.1, 0.15) is 31.1 Å². The second-order valence-corrected chi connectivity index (χ2v) is 5.06. The predicted octanol–water partition coefficient (Wildman–Crippen LogP) is 2.60. The summed E-state index contributed by atoms with van der Waals surface area (Å²) in [5.41, 5.74) is 0.146. The lowest BCUT2D eigenvalue weighted by Gasteiger charge is -2.28. The molecule has 1 atom stereocenters. The van der Waals surface area contributed by atoms with E-state index in [1.54, 1.807) is 7.05 Å². The van der Waals surface area contributed by atoms with Crippen LogP contribution in [0.2, 0.25) is 0 Å². The van der Waals surface area contributed by atoms with Crippen LogP contribution in [0.5, 0.6) is 5.75 Å². The lowest BCUT2D eigenvalue weighted by atomic mass is 10.1. The van der Waals surface area contributed by atoms with Crippen LogP contribution in [0.15, 0.2) is 18.2 Å². The Balaban J connectivity index is 2.83. The van der Waals surface area contributed by atoms with Crippen molar-refractivity contribution in [2.24, 2.45) is 5.92 Å². The first-order valence-electron chi connectivity index (χ1n) is 6.34. The molecule has 0 fully saturated rings. The van der Waals surface area contributed by atoms with Gasteiger partial charge in [-0.2, -0.15) is 0 Å². The highest BCUT2D eigenvalue weighted by Crippen LogP contribution is 2.25. The Morgan fingerprint density at radius 1 is 1.25 bits per heavy atom. The summed E-state index contributed by atoms with van der Waals surface area (Å²) >= 11 is 0. The Hall–Kier alpha value is -2.24. The van der Waals surface area contributed by atoms with Gasteiger partial charge in [0.15, 0.2) is 0 Å². The molecule has 0 spiro atoms. The van der Waals surface area contributed by atoms with E-state index >= 15 is 0 Å². The summed E-state index contributed by atoms with van der Waals surface area (Å²) in [6, 6.07) is 3.47. The highest BCUT2D eigenvalue weighted by atomic mass is 16.4. The molecular formula is C14H20N2O4. The van der Waals surface area contributed by atoms with Gasteiger partial charge in [-0.3, -0.25) is 0 Å². The number of urea groups is 1. The number of benzene rings is 1. The van der Waals surface area contributed by atoms with Crippen molar-refractivity contribution >= 4 is 17.7 Å². The number of carbonyl (C=O) groups is 2. The standard InChI is InChI=1S/C14H20N2O4/c1-8(2)9(3)16(4)14(20)15-11-6-5-10(13(18)19)7-12(11)17/h5-9,17H,1-4H3,(H,15,20)(H,18,19). The van der Waals surface area contributed by atoms with E-state index in [1.807, 2.05) is 20.8 Å². The first-order chi connectivity index (χ1) is 9.23. The van der Waals surface area contributed by atoms with E-state index in [0.717, 1.165) is 6.07 Å². The molecule has 0 saturated heterocycles. The Morgan fingerprint density at radius 3 is 2.30 bits per heavy atom. The van der Waals surface area contributed by atoms with Gasteiger partial charge < -0.3 is 20.4 Å². The largest absolute Gasteiger partial charge is 0.506 e. The number of phenols is 1. The molecule has 2 amide bonds. The van der Waals surface area contributed by atoms with Gasteiger partial charge in [0.25, 0.3) is 0 Å². The highest BCUT2D eigenvalue weighted by Gasteiger charge is 2.19. The van der Waals surface area contributed by atoms with Gasteiger partial charge >= 0.3 is 12.0 Å². The predicted molar refractivity (Wildman–Crippen MR) is 76.1 cm³/mol. The van der Waals surface area contributed by atoms with Crippen LogP contribution in [-0.4, -0.2) is 40.2 Å². The van der Waals surface area contributed by atoms with E-state index in [2.05, 4.69) is 5.32 Å². The zero-order valence-electron chi connectivity index (χ0n) is 12.0. The molecule has 6 nitrogen and oxygen atoms in total. The van der Waals surface area contributed by atoms with Gasteiger partial charge in [0, 0.05) is 13.1 Å². The van der Waals surface area contributed by atoms with E-state index in [-0.39, 0.29) is 29.1 Å². The lowest BCUT2D eigenvalue weighted by molar-refractivity contribution is 0.0696. The second-order valence-electron chi connectivity index (χ2n) is 5.06. The number of carboxylic acid groups (broad SMARTS) is 1. The van der Waals surface area contributed by atoms with Crippen molar-refractivity contribution in [3.8, 4) is 5.75 Å². The number of aromatic hydroxyl groups is 1. The number of amides is 2. The van der Waals surface area contributed by atoms with Crippen molar-refractivity contribution in [1.29, 1.82) is 0 Å². The highest BCUT2D eigenvalue weighted by molar-refractivity contribution is 5.93. The fraction of sp³-hybridized carbons (Fsp3) is 0.429. The zero-order valence-corrected chi connectivity index (χ0v) is 12.0. The van der Waals surface area contributed by atoms with E-state index in [1.165, 1.54) is 17.0 Å². The molecule has 0 radical (unpaired) electrons. The molecule has 0 aliphatic rings. The third-order valence-electron chi connectivity index (χ3n) is 3.38. The smallest absolute Gasteiger partial charge is 0.335 e. The van der Waals surface area contributed by atoms with Gasteiger partial charge in [-0.1, -0.05) is 13.8 Å². The number of carboxylic acids is 1. The minimum absolute atomic E-state index is 0.0374. The molecule has 0 saturated carbocycles. The maximum atomic E-state index is 12.0. The summed E-state index contributed by atoms with van der Waals surface area (Å²) in [7, 11) is 1.67. The van der Waals surface area contributed by atoms with Crippen molar-refractivity contribution in [3.05, 3.63) is 23.8 Å². The van der Waals surface area contributed by atoms with Crippen LogP contribution in [0.25, 0.3) is 0 Å². The number of nitrogens with one attached hydrogen (secondary N) is 1. The van der Waals surface area contributed by atoms with Crippen molar-refractivity contribution in [2.45, 2.75) is 26.8 Å². The number of anilines is 1. The van der Waals surface area contributed by atoms with Crippen molar-refractivity contribution in [3.63, 3.8) is 0 Å². The topological polar surface area (TPSA) is 89.9 Å². The minimum Gasteiger partial charge on any atom is -0.506 e. The number of phenolic OH excluding ortho intramolecular Hbond substituents is 1. The monoisotopic (exact) mass is 280 g/mol. The minimum atomic E-state index is -1.14. The molecule has 0 aromatic heterocycles. The van der Waals surface area contributed by atoms with Crippen LogP contribution in [0.4, 0.5) is 10.5 Å². The molecule has 6 heteroatoms. The van der Waals surface area contributed by atoms with E-state index in [4.69, 9.17) is 5.11 Å². The van der Waals surface area contributed by atoms with Gasteiger partial charge in [0.2, 0.25) is 0 Å². The molecule has 0 bridgehead atoms. The molecule has 1 rings (SSSR count). The molecule has 0 aliphatic heterocycles. The molecule has 110 valence electrons. The molecule has 1 unspecified atom stereocenters. The first kappa shape index (κ1) is 15.8. The van der Waals surface area contributed by atoms with Crippen LogP contribution in [0.3, 0.4) is 0 Å². The van der Waals surface area contributed by atoms with E-state index < -0.39 is 5.97 Å². The van der Waals surface area contributed by atoms with Crippen LogP contribution in [-0.2, 0) is 0 Å². The average Bonchev–Trinajstić information content (AvgIpc) is 2.38.